The van der Waals surface area contributed by atoms with Crippen molar-refractivity contribution in [2.75, 3.05) is 13.6 Å². The second-order valence-electron chi connectivity index (χ2n) is 1.73. The van der Waals surface area contributed by atoms with E-state index in [0.717, 1.165) is 7.05 Å². The summed E-state index contributed by atoms with van der Waals surface area (Å²) in [5.74, 6) is -4.62. The molecule has 0 saturated carbocycles. The van der Waals surface area contributed by atoms with Crippen molar-refractivity contribution in [2.24, 2.45) is 0 Å². The highest BCUT2D eigenvalue weighted by Crippen LogP contribution is 2.34. The first kappa shape index (κ1) is 9.61. The normalized spacial score (nSPS) is 13.8. The second kappa shape index (κ2) is 2.69. The zero-order chi connectivity index (χ0) is 8.41. The van der Waals surface area contributed by atoms with E-state index in [1.54, 1.807) is 5.32 Å². The van der Waals surface area contributed by atoms with Crippen molar-refractivity contribution in [3.8, 4) is 0 Å². The van der Waals surface area contributed by atoms with Gasteiger partial charge in [-0.05, 0) is 7.05 Å². The van der Waals surface area contributed by atoms with E-state index in [-0.39, 0.29) is 1.43 Å². The number of nitrogens with one attached hydrogen (secondary N) is 1. The van der Waals surface area contributed by atoms with Crippen LogP contribution in [0.4, 0.5) is 22.0 Å². The molecule has 0 spiro atoms. The Morgan fingerprint density at radius 3 is 1.70 bits per heavy atom. The Bertz CT molecular complexity index is 112. The Hall–Kier alpha value is -0.390. The van der Waals surface area contributed by atoms with E-state index in [1.807, 2.05) is 0 Å². The van der Waals surface area contributed by atoms with Crippen molar-refractivity contribution in [1.82, 2.24) is 5.32 Å². The molecule has 0 bridgehead atoms. The SMILES string of the molecule is CNCC(F)(F)C(F)(F)F.[HH]. The molecule has 0 aliphatic rings. The van der Waals surface area contributed by atoms with Gasteiger partial charge in [-0.3, -0.25) is 0 Å². The Morgan fingerprint density at radius 2 is 1.60 bits per heavy atom. The lowest BCUT2D eigenvalue weighted by Crippen LogP contribution is -2.44. The number of rotatable bonds is 2. The van der Waals surface area contributed by atoms with Gasteiger partial charge < -0.3 is 5.32 Å². The number of hydrogen-bond acceptors (Lipinski definition) is 1. The summed E-state index contributed by atoms with van der Waals surface area (Å²) in [7, 11) is 1.03. The molecule has 0 aromatic heterocycles. The molecule has 0 amide bonds. The summed E-state index contributed by atoms with van der Waals surface area (Å²) < 4.78 is 57.2. The molecule has 1 nitrogen and oxygen atoms in total. The highest BCUT2D eigenvalue weighted by molar-refractivity contribution is 4.76. The smallest absolute Gasteiger partial charge is 0.314 e. The fourth-order valence-corrected chi connectivity index (χ4v) is 0.322. The van der Waals surface area contributed by atoms with E-state index in [2.05, 4.69) is 0 Å². The van der Waals surface area contributed by atoms with Gasteiger partial charge in [0.2, 0.25) is 0 Å². The summed E-state index contributed by atoms with van der Waals surface area (Å²) in [4.78, 5) is 0. The Morgan fingerprint density at radius 1 is 1.20 bits per heavy atom. The number of alkyl halides is 5. The minimum atomic E-state index is -5.45. The molecular weight excluding hydrogens is 157 g/mol. The highest BCUT2D eigenvalue weighted by atomic mass is 19.4. The molecule has 0 radical (unpaired) electrons. The maximum Gasteiger partial charge on any atom is 0.454 e. The zero-order valence-corrected chi connectivity index (χ0v) is 5.10. The van der Waals surface area contributed by atoms with Crippen molar-refractivity contribution in [3.63, 3.8) is 0 Å². The van der Waals surface area contributed by atoms with E-state index in [1.165, 1.54) is 0 Å². The third kappa shape index (κ3) is 2.09. The molecule has 0 aliphatic carbocycles. The molecule has 10 heavy (non-hydrogen) atoms. The van der Waals surface area contributed by atoms with Gasteiger partial charge in [-0.1, -0.05) is 0 Å². The monoisotopic (exact) mass is 165 g/mol. The van der Waals surface area contributed by atoms with Crippen LogP contribution in [0.15, 0.2) is 0 Å². The molecule has 0 unspecified atom stereocenters. The summed E-state index contributed by atoms with van der Waals surface area (Å²) in [6.45, 7) is -1.38. The van der Waals surface area contributed by atoms with Crippen LogP contribution < -0.4 is 5.32 Å². The third-order valence-corrected chi connectivity index (χ3v) is 0.814. The first-order valence-corrected chi connectivity index (χ1v) is 2.40. The van der Waals surface area contributed by atoms with Crippen LogP contribution in [0.3, 0.4) is 0 Å². The summed E-state index contributed by atoms with van der Waals surface area (Å²) in [5.41, 5.74) is 0. The minimum absolute atomic E-state index is 0. The van der Waals surface area contributed by atoms with Crippen LogP contribution in [0.25, 0.3) is 0 Å². The van der Waals surface area contributed by atoms with Crippen LogP contribution in [-0.4, -0.2) is 25.7 Å². The average molecular weight is 165 g/mol. The molecule has 0 atom stereocenters. The number of hydrogen-bond donors (Lipinski definition) is 1. The van der Waals surface area contributed by atoms with E-state index in [0.29, 0.717) is 0 Å². The van der Waals surface area contributed by atoms with Gasteiger partial charge in [0.15, 0.2) is 0 Å². The fraction of sp³-hybridized carbons (Fsp3) is 1.00. The van der Waals surface area contributed by atoms with Crippen molar-refractivity contribution in [2.45, 2.75) is 12.1 Å². The molecule has 6 heteroatoms. The lowest BCUT2D eigenvalue weighted by atomic mass is 10.3. The molecule has 0 aromatic rings. The van der Waals surface area contributed by atoms with E-state index < -0.39 is 18.6 Å². The first-order valence-electron chi connectivity index (χ1n) is 2.40. The lowest BCUT2D eigenvalue weighted by molar-refractivity contribution is -0.278. The van der Waals surface area contributed by atoms with Crippen LogP contribution in [0, 0.1) is 0 Å². The van der Waals surface area contributed by atoms with Gasteiger partial charge in [0.05, 0.1) is 6.54 Å². The highest BCUT2D eigenvalue weighted by Gasteiger charge is 2.56. The summed E-state index contributed by atoms with van der Waals surface area (Å²) in [6, 6.07) is 0. The molecule has 0 rings (SSSR count). The molecular formula is C4H8F5N. The predicted octanol–water partition coefficient (Wildman–Crippen LogP) is 1.65. The second-order valence-corrected chi connectivity index (χ2v) is 1.73. The van der Waals surface area contributed by atoms with E-state index in [4.69, 9.17) is 0 Å². The van der Waals surface area contributed by atoms with Crippen molar-refractivity contribution in [3.05, 3.63) is 0 Å². The van der Waals surface area contributed by atoms with Gasteiger partial charge >= 0.3 is 12.1 Å². The van der Waals surface area contributed by atoms with Crippen LogP contribution in [0.5, 0.6) is 0 Å². The largest absolute Gasteiger partial charge is 0.454 e. The van der Waals surface area contributed by atoms with Gasteiger partial charge in [0.1, 0.15) is 0 Å². The van der Waals surface area contributed by atoms with E-state index >= 15 is 0 Å². The fourth-order valence-electron chi connectivity index (χ4n) is 0.322. The van der Waals surface area contributed by atoms with Crippen LogP contribution in [0.1, 0.15) is 1.43 Å². The summed E-state index contributed by atoms with van der Waals surface area (Å²) in [6.07, 6.45) is -5.45. The van der Waals surface area contributed by atoms with Crippen molar-refractivity contribution >= 4 is 0 Å². The van der Waals surface area contributed by atoms with Gasteiger partial charge in [0.25, 0.3) is 0 Å². The van der Waals surface area contributed by atoms with Crippen LogP contribution >= 0.6 is 0 Å². The topological polar surface area (TPSA) is 12.0 Å². The van der Waals surface area contributed by atoms with Crippen molar-refractivity contribution < 1.29 is 23.4 Å². The molecule has 1 N–H and O–H groups in total. The third-order valence-electron chi connectivity index (χ3n) is 0.814. The zero-order valence-electron chi connectivity index (χ0n) is 5.10. The standard InChI is InChI=1S/C4H6F5N.H2/c1-10-2-3(5,6)4(7,8)9;/h10H,2H2,1H3;1H. The van der Waals surface area contributed by atoms with Gasteiger partial charge in [-0.25, -0.2) is 0 Å². The Labute approximate surface area is 55.7 Å². The van der Waals surface area contributed by atoms with Crippen molar-refractivity contribution in [1.29, 1.82) is 0 Å². The molecule has 64 valence electrons. The summed E-state index contributed by atoms with van der Waals surface area (Å²) in [5, 5.41) is 1.74. The molecule has 0 fully saturated rings. The van der Waals surface area contributed by atoms with Gasteiger partial charge in [-0.2, -0.15) is 22.0 Å². The van der Waals surface area contributed by atoms with Crippen LogP contribution in [-0.2, 0) is 0 Å². The molecule has 0 aliphatic heterocycles. The predicted molar refractivity (Wildman–Crippen MR) is 27.0 cm³/mol. The quantitative estimate of drug-likeness (QED) is 0.613. The molecule has 0 heterocycles. The van der Waals surface area contributed by atoms with Gasteiger partial charge in [0, 0.05) is 1.43 Å². The van der Waals surface area contributed by atoms with E-state index in [9.17, 15) is 22.0 Å². The lowest BCUT2D eigenvalue weighted by Gasteiger charge is -2.18. The maximum atomic E-state index is 11.7. The first-order chi connectivity index (χ1) is 4.31. The maximum absolute atomic E-state index is 11.7. The van der Waals surface area contributed by atoms with Gasteiger partial charge in [-0.15, -0.1) is 0 Å². The minimum Gasteiger partial charge on any atom is -0.314 e. The molecule has 0 aromatic carbocycles. The average Bonchev–Trinajstić information content (AvgIpc) is 1.61. The van der Waals surface area contributed by atoms with Crippen LogP contribution in [0.2, 0.25) is 0 Å². The summed E-state index contributed by atoms with van der Waals surface area (Å²) >= 11 is 0. The number of halogens is 5. The molecule has 0 saturated heterocycles. The Kier molecular flexibility index (Phi) is 2.59. The Balaban J connectivity index is 0.